The van der Waals surface area contributed by atoms with Crippen LogP contribution in [0, 0.1) is 0 Å². The number of carbonyl (C=O) groups is 1. The maximum absolute atomic E-state index is 12.3. The van der Waals surface area contributed by atoms with E-state index in [0.29, 0.717) is 17.0 Å². The normalized spacial score (nSPS) is 17.5. The zero-order valence-corrected chi connectivity index (χ0v) is 11.8. The Hall–Kier alpha value is -1.75. The van der Waals surface area contributed by atoms with E-state index in [-0.39, 0.29) is 12.5 Å². The lowest BCUT2D eigenvalue weighted by molar-refractivity contribution is 0.0758. The highest BCUT2D eigenvalue weighted by Gasteiger charge is 2.33. The van der Waals surface area contributed by atoms with E-state index in [1.165, 1.54) is 7.11 Å². The summed E-state index contributed by atoms with van der Waals surface area (Å²) in [6.45, 7) is -0.0234. The lowest BCUT2D eigenvalue weighted by atomic mass is 9.82. The number of amides is 1. The summed E-state index contributed by atoms with van der Waals surface area (Å²) in [6, 6.07) is 4.96. The van der Waals surface area contributed by atoms with Crippen molar-refractivity contribution in [1.29, 1.82) is 0 Å². The van der Waals surface area contributed by atoms with Crippen LogP contribution in [-0.4, -0.2) is 30.3 Å². The summed E-state index contributed by atoms with van der Waals surface area (Å²) in [5.74, 6) is 0.353. The number of carbonyl (C=O) groups excluding carboxylic acids is 1. The SMILES string of the molecule is COc1ccc(C(=O)NC2(CO)CCCCC2)cc1N. The number of hydrogen-bond acceptors (Lipinski definition) is 4. The van der Waals surface area contributed by atoms with Gasteiger partial charge in [0.25, 0.3) is 5.91 Å². The minimum absolute atomic E-state index is 0.0234. The van der Waals surface area contributed by atoms with Gasteiger partial charge in [0.2, 0.25) is 0 Å². The van der Waals surface area contributed by atoms with E-state index in [9.17, 15) is 9.90 Å². The van der Waals surface area contributed by atoms with Crippen molar-refractivity contribution in [3.05, 3.63) is 23.8 Å². The van der Waals surface area contributed by atoms with Gasteiger partial charge in [-0.2, -0.15) is 0 Å². The predicted molar refractivity (Wildman–Crippen MR) is 77.8 cm³/mol. The number of nitrogens with two attached hydrogens (primary N) is 1. The van der Waals surface area contributed by atoms with Crippen LogP contribution in [0.5, 0.6) is 5.75 Å². The molecule has 5 nitrogen and oxygen atoms in total. The first-order chi connectivity index (χ1) is 9.60. The van der Waals surface area contributed by atoms with Gasteiger partial charge in [-0.3, -0.25) is 4.79 Å². The Morgan fingerprint density at radius 1 is 1.40 bits per heavy atom. The van der Waals surface area contributed by atoms with E-state index in [0.717, 1.165) is 32.1 Å². The second-order valence-corrected chi connectivity index (χ2v) is 5.41. The first kappa shape index (κ1) is 14.7. The van der Waals surface area contributed by atoms with Crippen LogP contribution in [0.2, 0.25) is 0 Å². The maximum Gasteiger partial charge on any atom is 0.251 e. The van der Waals surface area contributed by atoms with Gasteiger partial charge >= 0.3 is 0 Å². The molecule has 0 atom stereocenters. The van der Waals surface area contributed by atoms with Crippen LogP contribution in [0.25, 0.3) is 0 Å². The van der Waals surface area contributed by atoms with Gasteiger partial charge in [0.15, 0.2) is 0 Å². The Morgan fingerprint density at radius 3 is 2.65 bits per heavy atom. The monoisotopic (exact) mass is 278 g/mol. The first-order valence-electron chi connectivity index (χ1n) is 6.97. The standard InChI is InChI=1S/C15H22N2O3/c1-20-13-6-5-11(9-12(13)16)14(19)17-15(10-18)7-3-2-4-8-15/h5-6,9,18H,2-4,7-8,10,16H2,1H3,(H,17,19). The smallest absolute Gasteiger partial charge is 0.251 e. The van der Waals surface area contributed by atoms with E-state index in [4.69, 9.17) is 10.5 Å². The van der Waals surface area contributed by atoms with Crippen molar-refractivity contribution in [2.75, 3.05) is 19.5 Å². The summed E-state index contributed by atoms with van der Waals surface area (Å²) in [6.07, 6.45) is 4.87. The molecule has 0 unspecified atom stereocenters. The molecule has 1 saturated carbocycles. The third-order valence-corrected chi connectivity index (χ3v) is 3.98. The molecule has 4 N–H and O–H groups in total. The van der Waals surface area contributed by atoms with E-state index in [1.54, 1.807) is 18.2 Å². The average Bonchev–Trinajstić information content (AvgIpc) is 2.48. The van der Waals surface area contributed by atoms with Crippen molar-refractivity contribution >= 4 is 11.6 Å². The molecule has 1 aromatic rings. The molecule has 1 aliphatic rings. The Bertz CT molecular complexity index is 482. The van der Waals surface area contributed by atoms with Crippen molar-refractivity contribution < 1.29 is 14.6 Å². The topological polar surface area (TPSA) is 84.6 Å². The van der Waals surface area contributed by atoms with Gasteiger partial charge in [-0.15, -0.1) is 0 Å². The molecule has 0 radical (unpaired) electrons. The van der Waals surface area contributed by atoms with Crippen LogP contribution >= 0.6 is 0 Å². The van der Waals surface area contributed by atoms with E-state index >= 15 is 0 Å². The summed E-state index contributed by atoms with van der Waals surface area (Å²) in [4.78, 5) is 12.3. The summed E-state index contributed by atoms with van der Waals surface area (Å²) in [5, 5.41) is 12.6. The van der Waals surface area contributed by atoms with Crippen molar-refractivity contribution in [1.82, 2.24) is 5.32 Å². The summed E-state index contributed by atoms with van der Waals surface area (Å²) in [7, 11) is 1.54. The second-order valence-electron chi connectivity index (χ2n) is 5.41. The molecule has 1 aromatic carbocycles. The molecule has 0 aromatic heterocycles. The highest BCUT2D eigenvalue weighted by atomic mass is 16.5. The van der Waals surface area contributed by atoms with E-state index in [2.05, 4.69) is 5.32 Å². The van der Waals surface area contributed by atoms with Crippen molar-refractivity contribution in [2.24, 2.45) is 0 Å². The number of anilines is 1. The number of rotatable bonds is 4. The van der Waals surface area contributed by atoms with E-state index in [1.807, 2.05) is 0 Å². The molecule has 2 rings (SSSR count). The molecule has 1 amide bonds. The summed E-state index contributed by atoms with van der Waals surface area (Å²) < 4.78 is 5.07. The number of benzene rings is 1. The number of nitrogens with one attached hydrogen (secondary N) is 1. The highest BCUT2D eigenvalue weighted by Crippen LogP contribution is 2.28. The predicted octanol–water partition coefficient (Wildman–Crippen LogP) is 1.70. The van der Waals surface area contributed by atoms with Crippen LogP contribution < -0.4 is 15.8 Å². The molecular weight excluding hydrogens is 256 g/mol. The van der Waals surface area contributed by atoms with Crippen LogP contribution in [0.1, 0.15) is 42.5 Å². The number of hydrogen-bond donors (Lipinski definition) is 3. The fraction of sp³-hybridized carbons (Fsp3) is 0.533. The lowest BCUT2D eigenvalue weighted by Gasteiger charge is -2.36. The van der Waals surface area contributed by atoms with Crippen LogP contribution in [-0.2, 0) is 0 Å². The first-order valence-corrected chi connectivity index (χ1v) is 6.97. The summed E-state index contributed by atoms with van der Waals surface area (Å²) >= 11 is 0. The minimum atomic E-state index is -0.482. The highest BCUT2D eigenvalue weighted by molar-refractivity contribution is 5.96. The number of ether oxygens (including phenoxy) is 1. The van der Waals surface area contributed by atoms with Gasteiger partial charge < -0.3 is 20.9 Å². The van der Waals surface area contributed by atoms with Crippen LogP contribution in [0.3, 0.4) is 0 Å². The molecule has 20 heavy (non-hydrogen) atoms. The molecule has 0 heterocycles. The molecule has 0 spiro atoms. The third kappa shape index (κ3) is 3.04. The number of aliphatic hydroxyl groups excluding tert-OH is 1. The number of aliphatic hydroxyl groups is 1. The molecular formula is C15H22N2O3. The lowest BCUT2D eigenvalue weighted by Crippen LogP contribution is -2.52. The molecule has 0 bridgehead atoms. The molecule has 5 heteroatoms. The van der Waals surface area contributed by atoms with Crippen LogP contribution in [0.4, 0.5) is 5.69 Å². The summed E-state index contributed by atoms with van der Waals surface area (Å²) in [5.41, 5.74) is 6.25. The van der Waals surface area contributed by atoms with Crippen LogP contribution in [0.15, 0.2) is 18.2 Å². The van der Waals surface area contributed by atoms with Crippen molar-refractivity contribution in [2.45, 2.75) is 37.6 Å². The van der Waals surface area contributed by atoms with Gasteiger partial charge in [-0.05, 0) is 31.0 Å². The van der Waals surface area contributed by atoms with Crippen molar-refractivity contribution in [3.8, 4) is 5.75 Å². The zero-order valence-electron chi connectivity index (χ0n) is 11.8. The van der Waals surface area contributed by atoms with Gasteiger partial charge in [-0.25, -0.2) is 0 Å². The Balaban J connectivity index is 2.12. The largest absolute Gasteiger partial charge is 0.495 e. The van der Waals surface area contributed by atoms with Gasteiger partial charge in [0, 0.05) is 5.56 Å². The maximum atomic E-state index is 12.3. The van der Waals surface area contributed by atoms with Crippen molar-refractivity contribution in [3.63, 3.8) is 0 Å². The fourth-order valence-electron chi connectivity index (χ4n) is 2.74. The number of nitrogen functional groups attached to an aromatic ring is 1. The fourth-order valence-corrected chi connectivity index (χ4v) is 2.74. The molecule has 1 aliphatic carbocycles. The van der Waals surface area contributed by atoms with Gasteiger partial charge in [0.1, 0.15) is 5.75 Å². The quantitative estimate of drug-likeness (QED) is 0.732. The van der Waals surface area contributed by atoms with Gasteiger partial charge in [0.05, 0.1) is 24.9 Å². The molecule has 0 saturated heterocycles. The molecule has 0 aliphatic heterocycles. The zero-order chi connectivity index (χ0) is 14.6. The Kier molecular flexibility index (Phi) is 4.49. The number of methoxy groups -OCH3 is 1. The second kappa shape index (κ2) is 6.13. The molecule has 1 fully saturated rings. The Labute approximate surface area is 119 Å². The third-order valence-electron chi connectivity index (χ3n) is 3.98. The molecule has 110 valence electrons. The minimum Gasteiger partial charge on any atom is -0.495 e. The Morgan fingerprint density at radius 2 is 2.10 bits per heavy atom. The van der Waals surface area contributed by atoms with Gasteiger partial charge in [-0.1, -0.05) is 19.3 Å². The van der Waals surface area contributed by atoms with E-state index < -0.39 is 5.54 Å². The average molecular weight is 278 g/mol.